The zero-order chi connectivity index (χ0) is 54.8. The zero-order valence-corrected chi connectivity index (χ0v) is 44.8. The number of H-pyrrole nitrogens is 2. The molecule has 12 rings (SSSR count). The number of rotatable bonds is 13. The van der Waals surface area contributed by atoms with Gasteiger partial charge in [-0.3, -0.25) is 19.2 Å². The number of benzene rings is 4. The maximum atomic E-state index is 12.8. The van der Waals surface area contributed by atoms with Gasteiger partial charge >= 0.3 is 0 Å². The summed E-state index contributed by atoms with van der Waals surface area (Å²) in [5.74, 6) is -0.153. The molecule has 392 valence electrons. The Morgan fingerprint density at radius 1 is 0.519 bits per heavy atom. The van der Waals surface area contributed by atoms with Crippen molar-refractivity contribution in [2.75, 3.05) is 44.1 Å². The van der Waals surface area contributed by atoms with Crippen LogP contribution in [0.3, 0.4) is 0 Å². The van der Waals surface area contributed by atoms with Gasteiger partial charge in [0, 0.05) is 91.9 Å². The molecule has 4 aromatic carbocycles. The normalized spacial score (nSPS) is 10.8. The van der Waals surface area contributed by atoms with Gasteiger partial charge in [0.05, 0.1) is 37.7 Å². The number of aromatic amines is 2. The number of amides is 3. The van der Waals surface area contributed by atoms with Crippen LogP contribution in [-0.4, -0.2) is 74.6 Å². The first-order chi connectivity index (χ1) is 38.4. The van der Waals surface area contributed by atoms with Gasteiger partial charge in [0.2, 0.25) is 23.0 Å². The van der Waals surface area contributed by atoms with Gasteiger partial charge in [-0.05, 0) is 144 Å². The molecule has 79 heavy (non-hydrogen) atoms. The van der Waals surface area contributed by atoms with E-state index in [-0.39, 0.29) is 29.5 Å². The second-order valence-electron chi connectivity index (χ2n) is 17.0. The van der Waals surface area contributed by atoms with E-state index in [0.717, 1.165) is 70.7 Å². The van der Waals surface area contributed by atoms with E-state index in [1.807, 2.05) is 90.0 Å². The summed E-state index contributed by atoms with van der Waals surface area (Å²) in [5, 5.41) is 20.5. The number of anilines is 8. The molecule has 0 unspecified atom stereocenters. The average Bonchev–Trinajstić information content (AvgIpc) is 4.36. The number of carbonyl (C=O) groups excluding carboxylic acids is 4. The molecule has 8 heterocycles. The number of pyridine rings is 2. The molecule has 0 fully saturated rings. The fraction of sp³-hybridized carbons (Fsp3) is 0.0357. The fourth-order valence-corrected chi connectivity index (χ4v) is 9.67. The number of carbonyl (C=O) groups is 4. The van der Waals surface area contributed by atoms with Gasteiger partial charge in [0.25, 0.3) is 11.8 Å². The van der Waals surface area contributed by atoms with Crippen molar-refractivity contribution >= 4 is 169 Å². The van der Waals surface area contributed by atoms with E-state index < -0.39 is 5.24 Å². The van der Waals surface area contributed by atoms with Crippen LogP contribution in [0, 0.1) is 0 Å². The van der Waals surface area contributed by atoms with Crippen LogP contribution in [0.4, 0.5) is 46.0 Å². The molecule has 0 saturated carbocycles. The van der Waals surface area contributed by atoms with E-state index in [1.54, 1.807) is 89.5 Å². The van der Waals surface area contributed by atoms with Gasteiger partial charge in [-0.2, -0.15) is 0 Å². The number of hydrogen-bond acceptors (Lipinski definition) is 15. The number of thiophene rings is 2. The van der Waals surface area contributed by atoms with E-state index in [2.05, 4.69) is 68.6 Å². The molecule has 0 spiro atoms. The molecule has 23 heteroatoms. The highest BCUT2D eigenvalue weighted by Gasteiger charge is 2.16. The van der Waals surface area contributed by atoms with Crippen molar-refractivity contribution in [2.45, 2.75) is 0 Å². The first kappa shape index (κ1) is 53.1. The molecular formula is C56H41Cl3N14O4S2. The highest BCUT2D eigenvalue weighted by Crippen LogP contribution is 2.35. The van der Waals surface area contributed by atoms with Gasteiger partial charge in [-0.15, -0.1) is 45.9 Å². The Hall–Kier alpha value is -9.31. The lowest BCUT2D eigenvalue weighted by Crippen LogP contribution is -2.14. The van der Waals surface area contributed by atoms with Crippen LogP contribution >= 0.6 is 57.5 Å². The third kappa shape index (κ3) is 13.1. The van der Waals surface area contributed by atoms with E-state index in [4.69, 9.17) is 50.5 Å². The molecule has 0 aliphatic rings. The first-order valence-electron chi connectivity index (χ1n) is 23.8. The van der Waals surface area contributed by atoms with Gasteiger partial charge < -0.3 is 42.3 Å². The summed E-state index contributed by atoms with van der Waals surface area (Å²) < 4.78 is 1.98. The van der Waals surface area contributed by atoms with Crippen LogP contribution in [0.25, 0.3) is 65.0 Å². The standard InChI is InChI=1S/C28H20ClN7O2S.C26H19N7OS.C2H2Cl2O/c29-14-23(37)32-19-6-4-16(5-7-19)27(38)33-20-2-1-3-21(13-20)34-28-35-22-9-11-39-25(22)24(36-28)18-12-17-8-10-30-26(17)31-15-18;27-18-6-4-15(5-7-18)25(34)30-19-2-1-3-20(13-19)31-26-32-21-9-11-35-23(21)22(33-26)17-12-16-8-10-28-24(16)29-14-17;3-1-2(4)5/h1-13,15H,14H2,(H,30,31)(H,32,37)(H,33,38)(H,34,35,36);1-14H,27H2,(H,28,29)(H,30,34)(H,31,32,33);1H2. The summed E-state index contributed by atoms with van der Waals surface area (Å²) in [4.78, 5) is 80.5. The van der Waals surface area contributed by atoms with E-state index in [9.17, 15) is 19.2 Å². The number of hydrogen-bond donors (Lipinski definition) is 8. The lowest BCUT2D eigenvalue weighted by molar-refractivity contribution is -0.114. The first-order valence-corrected chi connectivity index (χ1v) is 27.0. The third-order valence-electron chi connectivity index (χ3n) is 11.5. The molecule has 18 nitrogen and oxygen atoms in total. The Morgan fingerprint density at radius 3 is 1.43 bits per heavy atom. The molecule has 0 saturated heterocycles. The predicted molar refractivity (Wildman–Crippen MR) is 319 cm³/mol. The van der Waals surface area contributed by atoms with Crippen molar-refractivity contribution in [1.82, 2.24) is 39.9 Å². The second kappa shape index (κ2) is 24.3. The van der Waals surface area contributed by atoms with Crippen LogP contribution in [0.1, 0.15) is 20.7 Å². The molecule has 9 N–H and O–H groups in total. The summed E-state index contributed by atoms with van der Waals surface area (Å²) >= 11 is 18.2. The Kier molecular flexibility index (Phi) is 16.4. The minimum Gasteiger partial charge on any atom is -0.399 e. The highest BCUT2D eigenvalue weighted by molar-refractivity contribution is 7.18. The fourth-order valence-electron chi connectivity index (χ4n) is 7.92. The van der Waals surface area contributed by atoms with Crippen molar-refractivity contribution in [3.05, 3.63) is 180 Å². The lowest BCUT2D eigenvalue weighted by atomic mass is 10.1. The minimum absolute atomic E-state index is 0.0957. The number of aromatic nitrogens is 8. The second-order valence-corrected chi connectivity index (χ2v) is 19.8. The smallest absolute Gasteiger partial charge is 0.255 e. The molecule has 0 aliphatic heterocycles. The summed E-state index contributed by atoms with van der Waals surface area (Å²) in [7, 11) is 0. The number of nitrogens with zero attached hydrogens (tertiary/aromatic N) is 6. The Bertz CT molecular complexity index is 4190. The van der Waals surface area contributed by atoms with Gasteiger partial charge in [0.1, 0.15) is 17.2 Å². The lowest BCUT2D eigenvalue weighted by Gasteiger charge is -2.11. The molecule has 0 atom stereocenters. The summed E-state index contributed by atoms with van der Waals surface area (Å²) in [6, 6.07) is 40.1. The van der Waals surface area contributed by atoms with Crippen LogP contribution in [0.15, 0.2) is 169 Å². The quantitative estimate of drug-likeness (QED) is 0.0304. The average molecular weight is 1140 g/mol. The van der Waals surface area contributed by atoms with Crippen LogP contribution in [0.2, 0.25) is 0 Å². The largest absolute Gasteiger partial charge is 0.399 e. The molecule has 8 aromatic heterocycles. The number of alkyl halides is 2. The zero-order valence-electron chi connectivity index (χ0n) is 40.9. The van der Waals surface area contributed by atoms with E-state index >= 15 is 0 Å². The predicted octanol–water partition coefficient (Wildman–Crippen LogP) is 13.2. The molecule has 0 bridgehead atoms. The minimum atomic E-state index is -0.508. The molecule has 3 amide bonds. The van der Waals surface area contributed by atoms with Crippen molar-refractivity contribution in [3.63, 3.8) is 0 Å². The van der Waals surface area contributed by atoms with Crippen molar-refractivity contribution in [3.8, 4) is 22.5 Å². The molecule has 0 radical (unpaired) electrons. The van der Waals surface area contributed by atoms with Crippen LogP contribution in [0.5, 0.6) is 0 Å². The number of fused-ring (bicyclic) bond motifs is 4. The van der Waals surface area contributed by atoms with E-state index in [1.165, 1.54) is 0 Å². The number of nitrogens with two attached hydrogens (primary N) is 1. The Morgan fingerprint density at radius 2 is 0.975 bits per heavy atom. The number of halogens is 3. The van der Waals surface area contributed by atoms with Crippen LogP contribution in [-0.2, 0) is 9.59 Å². The third-order valence-corrected chi connectivity index (χ3v) is 14.1. The van der Waals surface area contributed by atoms with E-state index in [0.29, 0.717) is 51.5 Å². The van der Waals surface area contributed by atoms with Crippen molar-refractivity contribution in [2.24, 2.45) is 0 Å². The van der Waals surface area contributed by atoms with Crippen molar-refractivity contribution in [1.29, 1.82) is 0 Å². The number of nitrogen functional groups attached to an aromatic ring is 1. The summed E-state index contributed by atoms with van der Waals surface area (Å²) in [6.45, 7) is 0. The van der Waals surface area contributed by atoms with Crippen molar-refractivity contribution < 1.29 is 19.2 Å². The Labute approximate surface area is 471 Å². The summed E-state index contributed by atoms with van der Waals surface area (Å²) in [5.41, 5.74) is 17.3. The highest BCUT2D eigenvalue weighted by atomic mass is 35.5. The van der Waals surface area contributed by atoms with Gasteiger partial charge in [-0.25, -0.2) is 29.9 Å². The monoisotopic (exact) mass is 1140 g/mol. The van der Waals surface area contributed by atoms with Gasteiger partial charge in [0.15, 0.2) is 0 Å². The maximum Gasteiger partial charge on any atom is 0.255 e. The van der Waals surface area contributed by atoms with Gasteiger partial charge in [-0.1, -0.05) is 12.1 Å². The Balaban J connectivity index is 0.000000165. The van der Waals surface area contributed by atoms with Crippen LogP contribution < -0.4 is 32.3 Å². The molecule has 0 aliphatic carbocycles. The SMILES string of the molecule is Nc1ccc(C(=O)Nc2cccc(Nc3nc(-c4cnc5[nH]ccc5c4)c4sccc4n3)c2)cc1.O=C(CCl)Nc1ccc(C(=O)Nc2cccc(Nc3nc(-c4cnc5[nH]ccc5c4)c4sccc4n3)c2)cc1.O=C(Cl)CCl. The maximum absolute atomic E-state index is 12.8. The summed E-state index contributed by atoms with van der Waals surface area (Å²) in [6.07, 6.45) is 7.35. The topological polar surface area (TPSA) is 263 Å². The molecular weight excluding hydrogens is 1100 g/mol. The number of nitrogens with one attached hydrogen (secondary N) is 7. The molecule has 12 aromatic rings.